The topological polar surface area (TPSA) is 98.5 Å². The van der Waals surface area contributed by atoms with E-state index in [4.69, 9.17) is 4.74 Å². The third-order valence-corrected chi connectivity index (χ3v) is 3.72. The molecule has 2 aromatic carbocycles. The van der Waals surface area contributed by atoms with Gasteiger partial charge in [-0.2, -0.15) is 0 Å². The number of ether oxygens (including phenoxy) is 1. The molecule has 1 amide bonds. The predicted octanol–water partition coefficient (Wildman–Crippen LogP) is 4.26. The van der Waals surface area contributed by atoms with Crippen LogP contribution in [0.5, 0.6) is 0 Å². The molecule has 7 heteroatoms. The van der Waals surface area contributed by atoms with Gasteiger partial charge in [0.25, 0.3) is 11.6 Å². The number of esters is 1. The van der Waals surface area contributed by atoms with Gasteiger partial charge in [-0.1, -0.05) is 54.6 Å². The molecule has 0 aromatic heterocycles. The molecule has 2 aromatic rings. The number of hydrogen-bond donors (Lipinski definition) is 1. The van der Waals surface area contributed by atoms with Gasteiger partial charge >= 0.3 is 5.97 Å². The molecular weight excluding hydrogens is 360 g/mol. The van der Waals surface area contributed by atoms with Crippen molar-refractivity contribution < 1.29 is 19.2 Å². The van der Waals surface area contributed by atoms with Crippen molar-refractivity contribution in [1.82, 2.24) is 0 Å². The third-order valence-electron chi connectivity index (χ3n) is 3.72. The van der Waals surface area contributed by atoms with Crippen LogP contribution in [0.3, 0.4) is 0 Å². The molecule has 0 aliphatic carbocycles. The van der Waals surface area contributed by atoms with E-state index in [-0.39, 0.29) is 11.4 Å². The number of benzene rings is 2. The summed E-state index contributed by atoms with van der Waals surface area (Å²) in [5.74, 6) is -1.40. The van der Waals surface area contributed by atoms with E-state index < -0.39 is 22.9 Å². The molecule has 0 fully saturated rings. The van der Waals surface area contributed by atoms with Crippen LogP contribution in [0.2, 0.25) is 0 Å². The number of carbonyl (C=O) groups is 2. The van der Waals surface area contributed by atoms with Crippen LogP contribution < -0.4 is 5.32 Å². The highest BCUT2D eigenvalue weighted by Crippen LogP contribution is 2.27. The van der Waals surface area contributed by atoms with Crippen LogP contribution in [0.25, 0.3) is 0 Å². The van der Waals surface area contributed by atoms with Gasteiger partial charge < -0.3 is 10.1 Å². The Morgan fingerprint density at radius 1 is 1.14 bits per heavy atom. The van der Waals surface area contributed by atoms with Crippen LogP contribution >= 0.6 is 0 Å². The molecule has 144 valence electrons. The van der Waals surface area contributed by atoms with E-state index in [1.54, 1.807) is 62.4 Å². The van der Waals surface area contributed by atoms with Crippen molar-refractivity contribution in [2.75, 3.05) is 5.32 Å². The van der Waals surface area contributed by atoms with Crippen molar-refractivity contribution in [3.63, 3.8) is 0 Å². The third kappa shape index (κ3) is 5.63. The van der Waals surface area contributed by atoms with Crippen molar-refractivity contribution in [3.05, 3.63) is 94.1 Å². The fourth-order valence-corrected chi connectivity index (χ4v) is 2.40. The molecule has 1 N–H and O–H groups in total. The lowest BCUT2D eigenvalue weighted by Crippen LogP contribution is -2.25. The first kappa shape index (κ1) is 20.6. The van der Waals surface area contributed by atoms with Gasteiger partial charge in [0.15, 0.2) is 0 Å². The quantitative estimate of drug-likeness (QED) is 0.254. The number of allylic oxidation sites excluding steroid dienone is 3. The van der Waals surface area contributed by atoms with E-state index in [0.29, 0.717) is 11.1 Å². The second kappa shape index (κ2) is 9.82. The van der Waals surface area contributed by atoms with Gasteiger partial charge in [0.05, 0.1) is 4.92 Å². The van der Waals surface area contributed by atoms with E-state index in [0.717, 1.165) is 0 Å². The number of carbonyl (C=O) groups excluding carboxylic acids is 2. The maximum atomic E-state index is 12.8. The molecule has 1 atom stereocenters. The molecule has 0 radical (unpaired) electrons. The fourth-order valence-electron chi connectivity index (χ4n) is 2.40. The van der Waals surface area contributed by atoms with Gasteiger partial charge in [0, 0.05) is 17.7 Å². The molecule has 0 heterocycles. The van der Waals surface area contributed by atoms with Crippen molar-refractivity contribution in [2.24, 2.45) is 0 Å². The van der Waals surface area contributed by atoms with E-state index in [2.05, 4.69) is 5.32 Å². The van der Waals surface area contributed by atoms with Gasteiger partial charge in [-0.15, -0.1) is 0 Å². The fraction of sp³-hybridized carbons (Fsp3) is 0.143. The summed E-state index contributed by atoms with van der Waals surface area (Å²) < 4.78 is 5.30. The lowest BCUT2D eigenvalue weighted by atomic mass is 10.1. The lowest BCUT2D eigenvalue weighted by molar-refractivity contribution is -0.384. The zero-order chi connectivity index (χ0) is 20.5. The number of aryl methyl sites for hydroxylation is 1. The monoisotopic (exact) mass is 380 g/mol. The number of nitro benzene ring substituents is 1. The Morgan fingerprint density at radius 3 is 2.50 bits per heavy atom. The van der Waals surface area contributed by atoms with Crippen LogP contribution in [0, 0.1) is 17.0 Å². The SMILES string of the molecule is C/C=C/C=C/C(=O)O[C@@H](C(=O)Nc1ccc(C)cc1[N+](=O)[O-])c1ccccc1. The van der Waals surface area contributed by atoms with E-state index >= 15 is 0 Å². The molecule has 0 bridgehead atoms. The Balaban J connectivity index is 2.30. The average molecular weight is 380 g/mol. The maximum absolute atomic E-state index is 12.8. The summed E-state index contributed by atoms with van der Waals surface area (Å²) in [7, 11) is 0. The maximum Gasteiger partial charge on any atom is 0.331 e. The highest BCUT2D eigenvalue weighted by Gasteiger charge is 2.26. The largest absolute Gasteiger partial charge is 0.444 e. The van der Waals surface area contributed by atoms with Crippen molar-refractivity contribution >= 4 is 23.3 Å². The average Bonchev–Trinajstić information content (AvgIpc) is 2.68. The lowest BCUT2D eigenvalue weighted by Gasteiger charge is -2.17. The molecule has 0 saturated carbocycles. The van der Waals surface area contributed by atoms with E-state index in [1.807, 2.05) is 0 Å². The van der Waals surface area contributed by atoms with E-state index in [9.17, 15) is 19.7 Å². The minimum Gasteiger partial charge on any atom is -0.444 e. The summed E-state index contributed by atoms with van der Waals surface area (Å²) >= 11 is 0. The molecule has 0 spiro atoms. The standard InChI is InChI=1S/C21H20N2O5/c1-3-4-6-11-19(24)28-20(16-9-7-5-8-10-16)21(25)22-17-13-12-15(2)14-18(17)23(26)27/h3-14,20H,1-2H3,(H,22,25)/b4-3+,11-6+/t20-/m1/s1. The molecule has 28 heavy (non-hydrogen) atoms. The predicted molar refractivity (Wildman–Crippen MR) is 106 cm³/mol. The molecule has 0 aliphatic rings. The summed E-state index contributed by atoms with van der Waals surface area (Å²) in [6.07, 6.45) is 4.81. The number of rotatable bonds is 7. The first-order valence-electron chi connectivity index (χ1n) is 8.53. The highest BCUT2D eigenvalue weighted by molar-refractivity contribution is 5.98. The van der Waals surface area contributed by atoms with Gasteiger partial charge in [-0.25, -0.2) is 4.79 Å². The van der Waals surface area contributed by atoms with Crippen molar-refractivity contribution in [1.29, 1.82) is 0 Å². The Hall–Kier alpha value is -3.74. The number of nitro groups is 1. The van der Waals surface area contributed by atoms with Gasteiger partial charge in [0.1, 0.15) is 5.69 Å². The molecular formula is C21H20N2O5. The number of nitrogens with zero attached hydrogens (tertiary/aromatic N) is 1. The number of anilines is 1. The number of amides is 1. The first-order valence-corrected chi connectivity index (χ1v) is 8.53. The van der Waals surface area contributed by atoms with Crippen LogP contribution in [0.4, 0.5) is 11.4 Å². The summed E-state index contributed by atoms with van der Waals surface area (Å²) in [6, 6.07) is 12.9. The van der Waals surface area contributed by atoms with Crippen molar-refractivity contribution in [2.45, 2.75) is 20.0 Å². The first-order chi connectivity index (χ1) is 13.4. The second-order valence-electron chi connectivity index (χ2n) is 5.88. The minimum absolute atomic E-state index is 0.0297. The van der Waals surface area contributed by atoms with Crippen LogP contribution in [-0.2, 0) is 14.3 Å². The smallest absolute Gasteiger partial charge is 0.331 e. The second-order valence-corrected chi connectivity index (χ2v) is 5.88. The zero-order valence-corrected chi connectivity index (χ0v) is 15.5. The summed E-state index contributed by atoms with van der Waals surface area (Å²) in [4.78, 5) is 35.5. The molecule has 0 unspecified atom stereocenters. The normalized spacial score (nSPS) is 12.1. The molecule has 2 rings (SSSR count). The van der Waals surface area contributed by atoms with Gasteiger partial charge in [-0.05, 0) is 25.5 Å². The summed E-state index contributed by atoms with van der Waals surface area (Å²) in [5.41, 5.74) is 0.925. The zero-order valence-electron chi connectivity index (χ0n) is 15.5. The van der Waals surface area contributed by atoms with Crippen LogP contribution in [-0.4, -0.2) is 16.8 Å². The Kier molecular flexibility index (Phi) is 7.21. The minimum atomic E-state index is -1.26. The Morgan fingerprint density at radius 2 is 1.86 bits per heavy atom. The van der Waals surface area contributed by atoms with Crippen LogP contribution in [0.1, 0.15) is 24.2 Å². The number of nitrogens with one attached hydrogen (secondary N) is 1. The summed E-state index contributed by atoms with van der Waals surface area (Å²) in [5, 5.41) is 13.8. The molecule has 7 nitrogen and oxygen atoms in total. The highest BCUT2D eigenvalue weighted by atomic mass is 16.6. The van der Waals surface area contributed by atoms with Gasteiger partial charge in [0.2, 0.25) is 6.10 Å². The number of hydrogen-bond acceptors (Lipinski definition) is 5. The van der Waals surface area contributed by atoms with E-state index in [1.165, 1.54) is 24.3 Å². The summed E-state index contributed by atoms with van der Waals surface area (Å²) in [6.45, 7) is 3.51. The Bertz CT molecular complexity index is 920. The Labute approximate surface area is 162 Å². The van der Waals surface area contributed by atoms with Gasteiger partial charge in [-0.3, -0.25) is 14.9 Å². The molecule has 0 saturated heterocycles. The molecule has 0 aliphatic heterocycles. The van der Waals surface area contributed by atoms with Crippen LogP contribution in [0.15, 0.2) is 72.8 Å². The van der Waals surface area contributed by atoms with Crippen molar-refractivity contribution in [3.8, 4) is 0 Å².